The summed E-state index contributed by atoms with van der Waals surface area (Å²) in [6.07, 6.45) is 2.59. The molecule has 0 aliphatic carbocycles. The minimum atomic E-state index is -0.156. The molecule has 7 heteroatoms. The number of methoxy groups -OCH3 is 3. The zero-order chi connectivity index (χ0) is 25.2. The molecule has 0 aromatic heterocycles. The van der Waals surface area contributed by atoms with Crippen LogP contribution in [0.25, 0.3) is 6.08 Å². The highest BCUT2D eigenvalue weighted by molar-refractivity contribution is 6.15. The number of ketones is 1. The minimum Gasteiger partial charge on any atom is -0.497 e. The van der Waals surface area contributed by atoms with Crippen LogP contribution >= 0.6 is 0 Å². The fourth-order valence-corrected chi connectivity index (χ4v) is 4.69. The van der Waals surface area contributed by atoms with Gasteiger partial charge in [0.2, 0.25) is 5.78 Å². The lowest BCUT2D eigenvalue weighted by molar-refractivity contribution is 0.0954. The van der Waals surface area contributed by atoms with Crippen molar-refractivity contribution in [2.24, 2.45) is 0 Å². The van der Waals surface area contributed by atoms with Crippen molar-refractivity contribution in [1.29, 1.82) is 0 Å². The van der Waals surface area contributed by atoms with Gasteiger partial charge in [-0.1, -0.05) is 24.3 Å². The lowest BCUT2D eigenvalue weighted by Gasteiger charge is -2.30. The van der Waals surface area contributed by atoms with E-state index in [-0.39, 0.29) is 11.5 Å². The summed E-state index contributed by atoms with van der Waals surface area (Å²) < 4.78 is 28.3. The van der Waals surface area contributed by atoms with Crippen LogP contribution in [0.15, 0.2) is 54.3 Å². The Balaban J connectivity index is 1.36. The molecule has 2 heterocycles. The number of Topliss-reactive ketones (excluding diaryl/α,β-unsaturated/α-hetero) is 1. The second kappa shape index (κ2) is 9.95. The molecule has 2 aliphatic heterocycles. The Hall–Kier alpha value is -3.97. The standard InChI is InChI=1S/C29H29NO6/c1-18-27-21(16-30(17-35-27)13-12-19-8-10-22(32-2)11-9-19)14-23-26(31)25(36-28(18)23)15-20-6-5-7-24(33-3)29(20)34-4/h5-11,14-15H,12-13,16-17H2,1-4H3/b25-15-. The van der Waals surface area contributed by atoms with E-state index in [1.807, 2.05) is 43.3 Å². The molecule has 0 saturated carbocycles. The Morgan fingerprint density at radius 2 is 1.81 bits per heavy atom. The Kier molecular flexibility index (Phi) is 6.57. The lowest BCUT2D eigenvalue weighted by atomic mass is 9.99. The highest BCUT2D eigenvalue weighted by Crippen LogP contribution is 2.44. The van der Waals surface area contributed by atoms with E-state index >= 15 is 0 Å². The van der Waals surface area contributed by atoms with Gasteiger partial charge in [-0.15, -0.1) is 0 Å². The quantitative estimate of drug-likeness (QED) is 0.433. The van der Waals surface area contributed by atoms with E-state index in [0.29, 0.717) is 41.7 Å². The molecule has 0 unspecified atom stereocenters. The van der Waals surface area contributed by atoms with E-state index in [1.54, 1.807) is 27.4 Å². The van der Waals surface area contributed by atoms with E-state index in [9.17, 15) is 4.79 Å². The van der Waals surface area contributed by atoms with Gasteiger partial charge in [-0.25, -0.2) is 0 Å². The van der Waals surface area contributed by atoms with E-state index in [4.69, 9.17) is 23.7 Å². The molecular weight excluding hydrogens is 458 g/mol. The second-order valence-electron chi connectivity index (χ2n) is 8.81. The van der Waals surface area contributed by atoms with Crippen LogP contribution in [0.4, 0.5) is 0 Å². The summed E-state index contributed by atoms with van der Waals surface area (Å²) >= 11 is 0. The van der Waals surface area contributed by atoms with Gasteiger partial charge in [0.1, 0.15) is 24.0 Å². The molecule has 0 amide bonds. The van der Waals surface area contributed by atoms with Crippen LogP contribution in [0, 0.1) is 6.92 Å². The minimum absolute atomic E-state index is 0.156. The summed E-state index contributed by atoms with van der Waals surface area (Å²) in [7, 11) is 4.82. The molecule has 36 heavy (non-hydrogen) atoms. The van der Waals surface area contributed by atoms with Crippen LogP contribution in [-0.4, -0.2) is 45.3 Å². The highest BCUT2D eigenvalue weighted by atomic mass is 16.5. The molecule has 3 aromatic carbocycles. The predicted molar refractivity (Wildman–Crippen MR) is 136 cm³/mol. The topological polar surface area (TPSA) is 66.5 Å². The van der Waals surface area contributed by atoms with Crippen LogP contribution in [0.1, 0.15) is 32.6 Å². The van der Waals surface area contributed by atoms with Crippen molar-refractivity contribution in [3.05, 3.63) is 82.1 Å². The molecule has 0 saturated heterocycles. The second-order valence-corrected chi connectivity index (χ2v) is 8.81. The monoisotopic (exact) mass is 487 g/mol. The number of ether oxygens (including phenoxy) is 5. The van der Waals surface area contributed by atoms with Gasteiger partial charge in [0.05, 0.1) is 26.9 Å². The van der Waals surface area contributed by atoms with Crippen molar-refractivity contribution in [2.75, 3.05) is 34.6 Å². The number of hydrogen-bond donors (Lipinski definition) is 0. The Labute approximate surface area is 210 Å². The lowest BCUT2D eigenvalue weighted by Crippen LogP contribution is -2.34. The van der Waals surface area contributed by atoms with Crippen molar-refractivity contribution < 1.29 is 28.5 Å². The number of benzene rings is 3. The maximum atomic E-state index is 13.3. The first-order valence-electron chi connectivity index (χ1n) is 11.8. The normalized spacial score (nSPS) is 15.7. The van der Waals surface area contributed by atoms with E-state index in [1.165, 1.54) is 5.56 Å². The smallest absolute Gasteiger partial charge is 0.231 e. The van der Waals surface area contributed by atoms with Crippen molar-refractivity contribution in [2.45, 2.75) is 19.9 Å². The van der Waals surface area contributed by atoms with E-state index in [2.05, 4.69) is 17.0 Å². The summed E-state index contributed by atoms with van der Waals surface area (Å²) in [4.78, 5) is 15.5. The van der Waals surface area contributed by atoms with Gasteiger partial charge in [0.25, 0.3) is 0 Å². The van der Waals surface area contributed by atoms with Crippen LogP contribution in [-0.2, 0) is 13.0 Å². The van der Waals surface area contributed by atoms with Gasteiger partial charge in [-0.05, 0) is 49.2 Å². The molecule has 0 radical (unpaired) electrons. The number of nitrogens with zero attached hydrogens (tertiary/aromatic N) is 1. The molecule has 186 valence electrons. The van der Waals surface area contributed by atoms with Crippen LogP contribution in [0.3, 0.4) is 0 Å². The van der Waals surface area contributed by atoms with E-state index in [0.717, 1.165) is 35.6 Å². The number of carbonyl (C=O) groups excluding carboxylic acids is 1. The molecule has 0 N–H and O–H groups in total. The number of para-hydroxylation sites is 1. The van der Waals surface area contributed by atoms with Crippen LogP contribution < -0.4 is 23.7 Å². The summed E-state index contributed by atoms with van der Waals surface area (Å²) in [6, 6.07) is 15.5. The fourth-order valence-electron chi connectivity index (χ4n) is 4.69. The molecule has 5 rings (SSSR count). The molecular formula is C29H29NO6. The molecule has 2 aliphatic rings. The first kappa shape index (κ1) is 23.8. The zero-order valence-corrected chi connectivity index (χ0v) is 20.9. The van der Waals surface area contributed by atoms with Gasteiger partial charge in [-0.3, -0.25) is 9.69 Å². The first-order valence-corrected chi connectivity index (χ1v) is 11.8. The largest absolute Gasteiger partial charge is 0.497 e. The molecule has 0 spiro atoms. The fraction of sp³-hybridized carbons (Fsp3) is 0.276. The van der Waals surface area contributed by atoms with Gasteiger partial charge in [0, 0.05) is 29.8 Å². The SMILES string of the molecule is COc1ccc(CCN2COc3c(cc4c(c3C)O/C(=C\c3cccc(OC)c3OC)C4=O)C2)cc1. The Morgan fingerprint density at radius 3 is 2.53 bits per heavy atom. The van der Waals surface area contributed by atoms with Gasteiger partial charge >= 0.3 is 0 Å². The average Bonchev–Trinajstić information content (AvgIpc) is 3.22. The van der Waals surface area contributed by atoms with E-state index < -0.39 is 0 Å². The maximum absolute atomic E-state index is 13.3. The summed E-state index contributed by atoms with van der Waals surface area (Å²) in [5.74, 6) is 3.43. The van der Waals surface area contributed by atoms with Crippen LogP contribution in [0.5, 0.6) is 28.7 Å². The third-order valence-corrected chi connectivity index (χ3v) is 6.60. The van der Waals surface area contributed by atoms with Crippen molar-refractivity contribution in [3.63, 3.8) is 0 Å². The average molecular weight is 488 g/mol. The zero-order valence-electron chi connectivity index (χ0n) is 20.9. The molecule has 0 bridgehead atoms. The summed E-state index contributed by atoms with van der Waals surface area (Å²) in [6.45, 7) is 3.97. The number of rotatable bonds is 7. The number of allylic oxidation sites excluding steroid dienone is 1. The van der Waals surface area contributed by atoms with Crippen LogP contribution in [0.2, 0.25) is 0 Å². The Bertz CT molecular complexity index is 1330. The predicted octanol–water partition coefficient (Wildman–Crippen LogP) is 5.03. The maximum Gasteiger partial charge on any atom is 0.231 e. The molecule has 3 aromatic rings. The third kappa shape index (κ3) is 4.38. The Morgan fingerprint density at radius 1 is 1.00 bits per heavy atom. The number of fused-ring (bicyclic) bond motifs is 2. The number of hydrogen-bond acceptors (Lipinski definition) is 7. The first-order chi connectivity index (χ1) is 17.5. The van der Waals surface area contributed by atoms with Gasteiger partial charge < -0.3 is 23.7 Å². The van der Waals surface area contributed by atoms with Crippen molar-refractivity contribution >= 4 is 11.9 Å². The molecule has 0 atom stereocenters. The molecule has 7 nitrogen and oxygen atoms in total. The van der Waals surface area contributed by atoms with Gasteiger partial charge in [0.15, 0.2) is 17.3 Å². The molecule has 0 fully saturated rings. The van der Waals surface area contributed by atoms with Crippen molar-refractivity contribution in [1.82, 2.24) is 4.90 Å². The summed E-state index contributed by atoms with van der Waals surface area (Å²) in [5, 5.41) is 0. The third-order valence-electron chi connectivity index (χ3n) is 6.60. The van der Waals surface area contributed by atoms with Crippen molar-refractivity contribution in [3.8, 4) is 28.7 Å². The number of carbonyl (C=O) groups is 1. The summed E-state index contributed by atoms with van der Waals surface area (Å²) in [5.41, 5.74) is 4.32. The van der Waals surface area contributed by atoms with Gasteiger partial charge in [-0.2, -0.15) is 0 Å². The highest BCUT2D eigenvalue weighted by Gasteiger charge is 2.34.